The van der Waals surface area contributed by atoms with E-state index < -0.39 is 5.60 Å². The molecular formula is C18H28N2O4. The molecule has 1 fully saturated rings. The lowest BCUT2D eigenvalue weighted by atomic mass is 9.80. The Hall–Kier alpha value is -1.66. The number of aryl methyl sites for hydroxylation is 1. The van der Waals surface area contributed by atoms with Crippen molar-refractivity contribution in [1.29, 1.82) is 0 Å². The molecule has 134 valence electrons. The molecule has 0 saturated carbocycles. The fourth-order valence-electron chi connectivity index (χ4n) is 3.32. The topological polar surface area (TPSA) is 71.8 Å². The van der Waals surface area contributed by atoms with Gasteiger partial charge >= 0.3 is 0 Å². The van der Waals surface area contributed by atoms with E-state index in [-0.39, 0.29) is 17.4 Å². The Labute approximate surface area is 143 Å². The van der Waals surface area contributed by atoms with Crippen LogP contribution in [0.15, 0.2) is 23.0 Å². The Bertz CT molecular complexity index is 628. The monoisotopic (exact) mass is 336 g/mol. The summed E-state index contributed by atoms with van der Waals surface area (Å²) in [7, 11) is 1.63. The van der Waals surface area contributed by atoms with Crippen LogP contribution in [0.4, 0.5) is 0 Å². The SMILES string of the molecule is COCCC1(O)CCN(C(=O)CCn2c(C)cccc2=O)CC1C. The number of pyridine rings is 1. The second-order valence-corrected chi connectivity index (χ2v) is 6.74. The zero-order valence-electron chi connectivity index (χ0n) is 14.8. The van der Waals surface area contributed by atoms with E-state index in [0.29, 0.717) is 45.5 Å². The maximum Gasteiger partial charge on any atom is 0.250 e. The quantitative estimate of drug-likeness (QED) is 0.847. The van der Waals surface area contributed by atoms with E-state index in [9.17, 15) is 14.7 Å². The van der Waals surface area contributed by atoms with Gasteiger partial charge in [0.1, 0.15) is 0 Å². The minimum Gasteiger partial charge on any atom is -0.389 e. The lowest BCUT2D eigenvalue weighted by molar-refractivity contribution is -0.140. The highest BCUT2D eigenvalue weighted by Gasteiger charge is 2.39. The predicted molar refractivity (Wildman–Crippen MR) is 91.9 cm³/mol. The van der Waals surface area contributed by atoms with E-state index in [1.165, 1.54) is 6.07 Å². The number of hydrogen-bond acceptors (Lipinski definition) is 4. The lowest BCUT2D eigenvalue weighted by Gasteiger charge is -2.43. The molecule has 6 nitrogen and oxygen atoms in total. The van der Waals surface area contributed by atoms with Gasteiger partial charge in [0.2, 0.25) is 5.91 Å². The van der Waals surface area contributed by atoms with Crippen molar-refractivity contribution in [3.8, 4) is 0 Å². The van der Waals surface area contributed by atoms with E-state index in [1.807, 2.05) is 19.9 Å². The van der Waals surface area contributed by atoms with Crippen molar-refractivity contribution in [2.75, 3.05) is 26.8 Å². The first kappa shape index (κ1) is 18.7. The number of carbonyl (C=O) groups excluding carboxylic acids is 1. The number of ether oxygens (including phenoxy) is 1. The van der Waals surface area contributed by atoms with Crippen molar-refractivity contribution in [3.63, 3.8) is 0 Å². The molecule has 1 aliphatic rings. The van der Waals surface area contributed by atoms with Crippen LogP contribution in [0.1, 0.15) is 31.9 Å². The largest absolute Gasteiger partial charge is 0.389 e. The van der Waals surface area contributed by atoms with Crippen molar-refractivity contribution in [2.24, 2.45) is 5.92 Å². The average molecular weight is 336 g/mol. The molecule has 1 aliphatic heterocycles. The molecule has 0 aliphatic carbocycles. The lowest BCUT2D eigenvalue weighted by Crippen LogP contribution is -2.53. The molecular weight excluding hydrogens is 308 g/mol. The van der Waals surface area contributed by atoms with Crippen LogP contribution >= 0.6 is 0 Å². The first-order valence-corrected chi connectivity index (χ1v) is 8.53. The van der Waals surface area contributed by atoms with Gasteiger partial charge in [0.05, 0.1) is 5.60 Å². The van der Waals surface area contributed by atoms with Crippen molar-refractivity contribution >= 4 is 5.91 Å². The summed E-state index contributed by atoms with van der Waals surface area (Å²) in [6.07, 6.45) is 1.45. The predicted octanol–water partition coefficient (Wildman–Crippen LogP) is 1.18. The summed E-state index contributed by atoms with van der Waals surface area (Å²) in [6.45, 7) is 5.84. The number of aromatic nitrogens is 1. The number of likely N-dealkylation sites (tertiary alicyclic amines) is 1. The highest BCUT2D eigenvalue weighted by Crippen LogP contribution is 2.31. The van der Waals surface area contributed by atoms with Gasteiger partial charge in [0.25, 0.3) is 5.56 Å². The second kappa shape index (κ2) is 7.94. The highest BCUT2D eigenvalue weighted by atomic mass is 16.5. The zero-order valence-corrected chi connectivity index (χ0v) is 14.8. The van der Waals surface area contributed by atoms with Gasteiger partial charge < -0.3 is 19.3 Å². The van der Waals surface area contributed by atoms with Crippen molar-refractivity contribution in [1.82, 2.24) is 9.47 Å². The van der Waals surface area contributed by atoms with Crippen LogP contribution in [-0.4, -0.2) is 52.9 Å². The fraction of sp³-hybridized carbons (Fsp3) is 0.667. The maximum absolute atomic E-state index is 12.5. The standard InChI is InChI=1S/C18H28N2O4/c1-14-13-19(11-8-18(14,23)9-12-24-3)16(21)7-10-20-15(2)5-4-6-17(20)22/h4-6,14,23H,7-13H2,1-3H3. The van der Waals surface area contributed by atoms with Crippen LogP contribution < -0.4 is 5.56 Å². The average Bonchev–Trinajstić information content (AvgIpc) is 2.55. The number of hydrogen-bond donors (Lipinski definition) is 1. The number of rotatable bonds is 6. The Kier molecular flexibility index (Phi) is 6.18. The molecule has 1 amide bonds. The normalized spacial score (nSPS) is 24.2. The number of aliphatic hydroxyl groups is 1. The van der Waals surface area contributed by atoms with Crippen LogP contribution in [0, 0.1) is 12.8 Å². The number of amides is 1. The zero-order chi connectivity index (χ0) is 17.7. The van der Waals surface area contributed by atoms with Gasteiger partial charge in [-0.2, -0.15) is 0 Å². The van der Waals surface area contributed by atoms with Crippen LogP contribution in [0.5, 0.6) is 0 Å². The Balaban J connectivity index is 1.92. The molecule has 2 heterocycles. The first-order valence-electron chi connectivity index (χ1n) is 8.53. The van der Waals surface area contributed by atoms with Gasteiger partial charge in [0.15, 0.2) is 0 Å². The Morgan fingerprint density at radius 1 is 1.46 bits per heavy atom. The van der Waals surface area contributed by atoms with Gasteiger partial charge in [-0.1, -0.05) is 13.0 Å². The summed E-state index contributed by atoms with van der Waals surface area (Å²) in [5.41, 5.74) is 0.0136. The molecule has 1 aromatic rings. The van der Waals surface area contributed by atoms with Crippen molar-refractivity contribution in [2.45, 2.75) is 45.3 Å². The maximum atomic E-state index is 12.5. The molecule has 0 bridgehead atoms. The van der Waals surface area contributed by atoms with Gasteiger partial charge in [0, 0.05) is 57.4 Å². The molecule has 1 saturated heterocycles. The van der Waals surface area contributed by atoms with E-state index >= 15 is 0 Å². The minimum atomic E-state index is -0.764. The van der Waals surface area contributed by atoms with E-state index in [2.05, 4.69) is 0 Å². The van der Waals surface area contributed by atoms with E-state index in [4.69, 9.17) is 4.74 Å². The molecule has 24 heavy (non-hydrogen) atoms. The fourth-order valence-corrected chi connectivity index (χ4v) is 3.32. The number of methoxy groups -OCH3 is 1. The molecule has 1 aromatic heterocycles. The smallest absolute Gasteiger partial charge is 0.250 e. The summed E-state index contributed by atoms with van der Waals surface area (Å²) in [6, 6.07) is 5.10. The van der Waals surface area contributed by atoms with Gasteiger partial charge in [-0.05, 0) is 25.8 Å². The van der Waals surface area contributed by atoms with E-state index in [0.717, 1.165) is 5.69 Å². The molecule has 0 aromatic carbocycles. The number of nitrogens with zero attached hydrogens (tertiary/aromatic N) is 2. The summed E-state index contributed by atoms with van der Waals surface area (Å²) >= 11 is 0. The molecule has 2 unspecified atom stereocenters. The first-order chi connectivity index (χ1) is 11.4. The van der Waals surface area contributed by atoms with Gasteiger partial charge in [-0.15, -0.1) is 0 Å². The summed E-state index contributed by atoms with van der Waals surface area (Å²) in [5, 5.41) is 10.7. The summed E-state index contributed by atoms with van der Waals surface area (Å²) < 4.78 is 6.69. The number of piperidine rings is 1. The Morgan fingerprint density at radius 2 is 2.21 bits per heavy atom. The third-order valence-corrected chi connectivity index (χ3v) is 5.14. The van der Waals surface area contributed by atoms with Crippen molar-refractivity contribution < 1.29 is 14.6 Å². The molecule has 6 heteroatoms. The molecule has 0 radical (unpaired) electrons. The van der Waals surface area contributed by atoms with Gasteiger partial charge in [-0.25, -0.2) is 0 Å². The second-order valence-electron chi connectivity index (χ2n) is 6.74. The van der Waals surface area contributed by atoms with Crippen LogP contribution in [-0.2, 0) is 16.1 Å². The molecule has 2 rings (SSSR count). The third kappa shape index (κ3) is 4.24. The molecule has 1 N–H and O–H groups in total. The molecule has 0 spiro atoms. The number of carbonyl (C=O) groups is 1. The Morgan fingerprint density at radius 3 is 2.83 bits per heavy atom. The molecule has 2 atom stereocenters. The summed E-state index contributed by atoms with van der Waals surface area (Å²) in [5.74, 6) is 0.0392. The van der Waals surface area contributed by atoms with Crippen LogP contribution in [0.25, 0.3) is 0 Å². The third-order valence-electron chi connectivity index (χ3n) is 5.14. The van der Waals surface area contributed by atoms with Gasteiger partial charge in [-0.3, -0.25) is 9.59 Å². The summed E-state index contributed by atoms with van der Waals surface area (Å²) in [4.78, 5) is 26.1. The minimum absolute atomic E-state index is 0.00605. The van der Waals surface area contributed by atoms with Crippen molar-refractivity contribution in [3.05, 3.63) is 34.2 Å². The van der Waals surface area contributed by atoms with Crippen LogP contribution in [0.3, 0.4) is 0 Å². The van der Waals surface area contributed by atoms with Crippen LogP contribution in [0.2, 0.25) is 0 Å². The van der Waals surface area contributed by atoms with E-state index in [1.54, 1.807) is 22.6 Å². The highest BCUT2D eigenvalue weighted by molar-refractivity contribution is 5.76.